The molecule has 0 spiro atoms. The molecule has 0 unspecified atom stereocenters. The van der Waals surface area contributed by atoms with Crippen molar-refractivity contribution in [2.75, 3.05) is 5.73 Å². The maximum absolute atomic E-state index is 10.3. The minimum absolute atomic E-state index is 0.0552. The highest BCUT2D eigenvalue weighted by atomic mass is 35.5. The van der Waals surface area contributed by atoms with Gasteiger partial charge in [0.25, 0.3) is 0 Å². The molecule has 0 radical (unpaired) electrons. The van der Waals surface area contributed by atoms with Gasteiger partial charge in [0, 0.05) is 5.56 Å². The lowest BCUT2D eigenvalue weighted by atomic mass is 10.2. The Hall–Kier alpha value is -0.800. The van der Waals surface area contributed by atoms with Gasteiger partial charge in [-0.2, -0.15) is 0 Å². The second-order valence-corrected chi connectivity index (χ2v) is 2.60. The predicted octanol–water partition coefficient (Wildman–Crippen LogP) is 1.78. The number of anilines is 1. The highest BCUT2D eigenvalue weighted by Gasteiger charge is 2.05. The minimum Gasteiger partial charge on any atom is -0.396 e. The third-order valence-corrected chi connectivity index (χ3v) is 1.62. The van der Waals surface area contributed by atoms with Crippen molar-refractivity contribution < 1.29 is 4.79 Å². The van der Waals surface area contributed by atoms with Crippen LogP contribution in [0, 0.1) is 0 Å². The van der Waals surface area contributed by atoms with Crippen LogP contribution in [0.15, 0.2) is 6.07 Å². The van der Waals surface area contributed by atoms with Crippen molar-refractivity contribution in [3.8, 4) is 0 Å². The first-order valence-electron chi connectivity index (χ1n) is 2.72. The molecule has 5 heteroatoms. The van der Waals surface area contributed by atoms with E-state index in [-0.39, 0.29) is 21.6 Å². The Morgan fingerprint density at radius 2 is 2.18 bits per heavy atom. The standard InChI is InChI=1S/C6H4Cl2N2O/c7-4-1-3(2-11)5(9)6(8)10-4/h1-2H,9H2. The quantitative estimate of drug-likeness (QED) is 0.543. The van der Waals surface area contributed by atoms with E-state index < -0.39 is 0 Å². The fraction of sp³-hybridized carbons (Fsp3) is 0. The van der Waals surface area contributed by atoms with Crippen molar-refractivity contribution in [2.45, 2.75) is 0 Å². The molecule has 0 bridgehead atoms. The number of nitrogen functional groups attached to an aromatic ring is 1. The average Bonchev–Trinajstić information content (AvgIpc) is 1.96. The zero-order chi connectivity index (χ0) is 8.43. The maximum Gasteiger partial charge on any atom is 0.154 e. The van der Waals surface area contributed by atoms with Crippen LogP contribution in [0.2, 0.25) is 10.3 Å². The first-order chi connectivity index (χ1) is 5.15. The van der Waals surface area contributed by atoms with Crippen LogP contribution >= 0.6 is 23.2 Å². The summed E-state index contributed by atoms with van der Waals surface area (Å²) >= 11 is 11.0. The highest BCUT2D eigenvalue weighted by Crippen LogP contribution is 2.22. The highest BCUT2D eigenvalue weighted by molar-refractivity contribution is 6.34. The lowest BCUT2D eigenvalue weighted by molar-refractivity contribution is 0.112. The van der Waals surface area contributed by atoms with E-state index in [0.717, 1.165) is 0 Å². The van der Waals surface area contributed by atoms with Gasteiger partial charge in [-0.15, -0.1) is 0 Å². The Labute approximate surface area is 73.1 Å². The van der Waals surface area contributed by atoms with Gasteiger partial charge in [-0.1, -0.05) is 23.2 Å². The van der Waals surface area contributed by atoms with E-state index in [0.29, 0.717) is 6.29 Å². The van der Waals surface area contributed by atoms with Crippen molar-refractivity contribution >= 4 is 35.2 Å². The maximum atomic E-state index is 10.3. The molecule has 0 amide bonds. The second-order valence-electron chi connectivity index (χ2n) is 1.86. The van der Waals surface area contributed by atoms with Crippen LogP contribution in [0.4, 0.5) is 5.69 Å². The smallest absolute Gasteiger partial charge is 0.154 e. The van der Waals surface area contributed by atoms with Crippen molar-refractivity contribution in [2.24, 2.45) is 0 Å². The third-order valence-electron chi connectivity index (χ3n) is 1.14. The van der Waals surface area contributed by atoms with Crippen molar-refractivity contribution in [3.63, 3.8) is 0 Å². The Balaban J connectivity index is 3.35. The number of aldehydes is 1. The molecule has 2 N–H and O–H groups in total. The van der Waals surface area contributed by atoms with Gasteiger partial charge in [-0.25, -0.2) is 4.98 Å². The molecule has 0 aromatic carbocycles. The SMILES string of the molecule is Nc1c(C=O)cc(Cl)nc1Cl. The summed E-state index contributed by atoms with van der Waals surface area (Å²) in [6.07, 6.45) is 0.578. The summed E-state index contributed by atoms with van der Waals surface area (Å²) in [4.78, 5) is 13.9. The lowest BCUT2D eigenvalue weighted by Gasteiger charge is -1.99. The molecular formula is C6H4Cl2N2O. The molecule has 0 fully saturated rings. The van der Waals surface area contributed by atoms with Gasteiger partial charge in [0.2, 0.25) is 0 Å². The van der Waals surface area contributed by atoms with Gasteiger partial charge >= 0.3 is 0 Å². The number of rotatable bonds is 1. The molecule has 58 valence electrons. The lowest BCUT2D eigenvalue weighted by Crippen LogP contribution is -1.95. The molecule has 0 aliphatic heterocycles. The number of hydrogen-bond acceptors (Lipinski definition) is 3. The van der Waals surface area contributed by atoms with Gasteiger partial charge in [-0.3, -0.25) is 4.79 Å². The first-order valence-corrected chi connectivity index (χ1v) is 3.47. The molecular weight excluding hydrogens is 187 g/mol. The molecule has 1 aromatic heterocycles. The van der Waals surface area contributed by atoms with Crippen LogP contribution in [0.3, 0.4) is 0 Å². The monoisotopic (exact) mass is 190 g/mol. The number of hydrogen-bond donors (Lipinski definition) is 1. The van der Waals surface area contributed by atoms with Gasteiger partial charge < -0.3 is 5.73 Å². The topological polar surface area (TPSA) is 56.0 Å². The van der Waals surface area contributed by atoms with Crippen LogP contribution in [0.1, 0.15) is 10.4 Å². The largest absolute Gasteiger partial charge is 0.396 e. The summed E-state index contributed by atoms with van der Waals surface area (Å²) in [5, 5.41) is 0.214. The number of nitrogens with two attached hydrogens (primary N) is 1. The number of nitrogens with zero attached hydrogens (tertiary/aromatic N) is 1. The summed E-state index contributed by atoms with van der Waals surface area (Å²) in [6.45, 7) is 0. The zero-order valence-corrected chi connectivity index (χ0v) is 6.86. The molecule has 0 aliphatic carbocycles. The van der Waals surface area contributed by atoms with E-state index >= 15 is 0 Å². The first kappa shape index (κ1) is 8.30. The number of halogens is 2. The van der Waals surface area contributed by atoms with E-state index in [1.165, 1.54) is 6.07 Å². The molecule has 0 atom stereocenters. The average molecular weight is 191 g/mol. The van der Waals surface area contributed by atoms with Gasteiger partial charge in [0.1, 0.15) is 5.15 Å². The predicted molar refractivity (Wildman–Crippen MR) is 44.1 cm³/mol. The number of carbonyl (C=O) groups excluding carboxylic acids is 1. The number of aromatic nitrogens is 1. The van der Waals surface area contributed by atoms with E-state index in [1.807, 2.05) is 0 Å². The van der Waals surface area contributed by atoms with E-state index in [1.54, 1.807) is 0 Å². The number of carbonyl (C=O) groups is 1. The van der Waals surface area contributed by atoms with Gasteiger partial charge in [0.15, 0.2) is 11.4 Å². The molecule has 1 aromatic rings. The summed E-state index contributed by atoms with van der Waals surface area (Å²) in [7, 11) is 0. The summed E-state index contributed by atoms with van der Waals surface area (Å²) < 4.78 is 0. The van der Waals surface area contributed by atoms with Crippen LogP contribution < -0.4 is 5.73 Å². The fourth-order valence-corrected chi connectivity index (χ4v) is 1.05. The molecule has 0 saturated carbocycles. The summed E-state index contributed by atoms with van der Waals surface area (Å²) in [6, 6.07) is 1.36. The molecule has 0 saturated heterocycles. The second kappa shape index (κ2) is 3.07. The van der Waals surface area contributed by atoms with Crippen molar-refractivity contribution in [3.05, 3.63) is 21.9 Å². The Morgan fingerprint density at radius 3 is 2.73 bits per heavy atom. The van der Waals surface area contributed by atoms with E-state index in [2.05, 4.69) is 4.98 Å². The van der Waals surface area contributed by atoms with Crippen LogP contribution in [0.5, 0.6) is 0 Å². The molecule has 1 heterocycles. The van der Waals surface area contributed by atoms with Crippen molar-refractivity contribution in [1.29, 1.82) is 0 Å². The molecule has 11 heavy (non-hydrogen) atoms. The van der Waals surface area contributed by atoms with Gasteiger partial charge in [0.05, 0.1) is 5.69 Å². The van der Waals surface area contributed by atoms with E-state index in [9.17, 15) is 4.79 Å². The zero-order valence-electron chi connectivity index (χ0n) is 5.34. The van der Waals surface area contributed by atoms with Crippen LogP contribution in [0.25, 0.3) is 0 Å². The Kier molecular flexibility index (Phi) is 2.31. The fourth-order valence-electron chi connectivity index (χ4n) is 0.609. The normalized spacial score (nSPS) is 9.64. The third kappa shape index (κ3) is 1.61. The summed E-state index contributed by atoms with van der Waals surface area (Å²) in [5.74, 6) is 0. The molecule has 3 nitrogen and oxygen atoms in total. The number of pyridine rings is 1. The Morgan fingerprint density at radius 1 is 1.55 bits per heavy atom. The van der Waals surface area contributed by atoms with Crippen LogP contribution in [-0.2, 0) is 0 Å². The summed E-state index contributed by atoms with van der Waals surface area (Å²) in [5.41, 5.74) is 5.80. The molecule has 0 aliphatic rings. The molecule has 1 rings (SSSR count). The van der Waals surface area contributed by atoms with E-state index in [4.69, 9.17) is 28.9 Å². The Bertz CT molecular complexity index is 301. The minimum atomic E-state index is 0.0552. The van der Waals surface area contributed by atoms with Crippen molar-refractivity contribution in [1.82, 2.24) is 4.98 Å². The van der Waals surface area contributed by atoms with Gasteiger partial charge in [-0.05, 0) is 6.07 Å². The van der Waals surface area contributed by atoms with Crippen LogP contribution in [-0.4, -0.2) is 11.3 Å².